The minimum atomic E-state index is -0.268. The molecule has 0 unspecified atom stereocenters. The molecule has 5 nitrogen and oxygen atoms in total. The number of amides is 2. The molecule has 0 radical (unpaired) electrons. The highest BCUT2D eigenvalue weighted by atomic mass is 16.2. The molecule has 4 rings (SSSR count). The van der Waals surface area contributed by atoms with Crippen LogP contribution in [0.1, 0.15) is 24.0 Å². The Balaban J connectivity index is 1.41. The summed E-state index contributed by atoms with van der Waals surface area (Å²) >= 11 is 0. The predicted molar refractivity (Wildman–Crippen MR) is 85.6 cm³/mol. The Morgan fingerprint density at radius 3 is 2.73 bits per heavy atom. The number of nitrogens with zero attached hydrogens (tertiary/aromatic N) is 2. The first-order valence-electron chi connectivity index (χ1n) is 7.63. The van der Waals surface area contributed by atoms with Gasteiger partial charge in [0.25, 0.3) is 0 Å². The van der Waals surface area contributed by atoms with E-state index in [0.29, 0.717) is 5.82 Å². The highest BCUT2D eigenvalue weighted by Crippen LogP contribution is 2.35. The van der Waals surface area contributed by atoms with Crippen molar-refractivity contribution >= 4 is 17.5 Å². The van der Waals surface area contributed by atoms with Crippen molar-refractivity contribution in [3.05, 3.63) is 53.7 Å². The standard InChI is InChI=1S/C17H18N4O/c22-17(20-16-3-1-2-8-18-16)19-14-5-4-12-10-21(15-6-7-15)11-13(12)9-14/h1-5,8-9,15H,6-7,10-11H2,(H2,18,19,20,22). The average Bonchev–Trinajstić information content (AvgIpc) is 3.28. The van der Waals surface area contributed by atoms with Crippen molar-refractivity contribution in [2.75, 3.05) is 10.6 Å². The van der Waals surface area contributed by atoms with Crippen LogP contribution in [0.5, 0.6) is 0 Å². The molecule has 1 aliphatic heterocycles. The van der Waals surface area contributed by atoms with Crippen LogP contribution in [0.4, 0.5) is 16.3 Å². The Kier molecular flexibility index (Phi) is 3.27. The summed E-state index contributed by atoms with van der Waals surface area (Å²) in [6, 6.07) is 12.1. The van der Waals surface area contributed by atoms with E-state index in [1.54, 1.807) is 12.3 Å². The largest absolute Gasteiger partial charge is 0.324 e. The van der Waals surface area contributed by atoms with E-state index in [2.05, 4.69) is 32.7 Å². The molecule has 1 fully saturated rings. The van der Waals surface area contributed by atoms with E-state index in [-0.39, 0.29) is 6.03 Å². The van der Waals surface area contributed by atoms with E-state index >= 15 is 0 Å². The van der Waals surface area contributed by atoms with Crippen LogP contribution in [0, 0.1) is 0 Å². The number of urea groups is 1. The Labute approximate surface area is 129 Å². The van der Waals surface area contributed by atoms with Gasteiger partial charge in [-0.3, -0.25) is 10.2 Å². The number of hydrogen-bond acceptors (Lipinski definition) is 3. The lowest BCUT2D eigenvalue weighted by molar-refractivity contribution is 0.262. The van der Waals surface area contributed by atoms with E-state index in [1.165, 1.54) is 24.0 Å². The molecule has 5 heteroatoms. The SMILES string of the molecule is O=C(Nc1ccc2c(c1)CN(C1CC1)C2)Nc1ccccn1. The monoisotopic (exact) mass is 294 g/mol. The topological polar surface area (TPSA) is 57.3 Å². The van der Waals surface area contributed by atoms with E-state index in [1.807, 2.05) is 18.2 Å². The second-order valence-electron chi connectivity index (χ2n) is 5.91. The van der Waals surface area contributed by atoms with E-state index < -0.39 is 0 Å². The molecule has 2 aliphatic rings. The van der Waals surface area contributed by atoms with Gasteiger partial charge in [-0.05, 0) is 48.2 Å². The molecule has 1 aliphatic carbocycles. The number of hydrogen-bond donors (Lipinski definition) is 2. The summed E-state index contributed by atoms with van der Waals surface area (Å²) in [7, 11) is 0. The number of rotatable bonds is 3. The Hall–Kier alpha value is -2.40. The van der Waals surface area contributed by atoms with Crippen LogP contribution in [0.15, 0.2) is 42.6 Å². The van der Waals surface area contributed by atoms with Crippen LogP contribution >= 0.6 is 0 Å². The highest BCUT2D eigenvalue weighted by molar-refractivity contribution is 5.99. The summed E-state index contributed by atoms with van der Waals surface area (Å²) in [6.07, 6.45) is 4.30. The van der Waals surface area contributed by atoms with Crippen molar-refractivity contribution < 1.29 is 4.79 Å². The Morgan fingerprint density at radius 2 is 1.95 bits per heavy atom. The maximum atomic E-state index is 12.0. The fraction of sp³-hybridized carbons (Fsp3) is 0.294. The van der Waals surface area contributed by atoms with Gasteiger partial charge in [0.05, 0.1) is 0 Å². The van der Waals surface area contributed by atoms with Gasteiger partial charge in [-0.1, -0.05) is 12.1 Å². The molecule has 0 atom stereocenters. The van der Waals surface area contributed by atoms with Gasteiger partial charge in [0.15, 0.2) is 0 Å². The van der Waals surface area contributed by atoms with E-state index in [9.17, 15) is 4.79 Å². The average molecular weight is 294 g/mol. The van der Waals surface area contributed by atoms with E-state index in [4.69, 9.17) is 0 Å². The highest BCUT2D eigenvalue weighted by Gasteiger charge is 2.32. The molecular weight excluding hydrogens is 276 g/mol. The molecule has 2 heterocycles. The minimum Gasteiger partial charge on any atom is -0.308 e. The fourth-order valence-electron chi connectivity index (χ4n) is 2.91. The quantitative estimate of drug-likeness (QED) is 0.914. The summed E-state index contributed by atoms with van der Waals surface area (Å²) in [4.78, 5) is 18.6. The molecule has 1 saturated carbocycles. The molecule has 22 heavy (non-hydrogen) atoms. The normalized spacial score (nSPS) is 17.1. The molecule has 0 saturated heterocycles. The third kappa shape index (κ3) is 2.80. The first-order chi connectivity index (χ1) is 10.8. The molecule has 112 valence electrons. The lowest BCUT2D eigenvalue weighted by Crippen LogP contribution is -2.20. The number of nitrogens with one attached hydrogen (secondary N) is 2. The third-order valence-electron chi connectivity index (χ3n) is 4.18. The van der Waals surface area contributed by atoms with Crippen molar-refractivity contribution in [1.29, 1.82) is 0 Å². The minimum absolute atomic E-state index is 0.268. The summed E-state index contributed by atoms with van der Waals surface area (Å²) in [6.45, 7) is 2.04. The zero-order valence-electron chi connectivity index (χ0n) is 12.2. The van der Waals surface area contributed by atoms with Crippen molar-refractivity contribution in [3.63, 3.8) is 0 Å². The van der Waals surface area contributed by atoms with Gasteiger partial charge in [-0.15, -0.1) is 0 Å². The maximum absolute atomic E-state index is 12.0. The molecule has 1 aromatic carbocycles. The molecule has 0 bridgehead atoms. The van der Waals surface area contributed by atoms with Crippen LogP contribution < -0.4 is 10.6 Å². The van der Waals surface area contributed by atoms with Crippen molar-refractivity contribution in [1.82, 2.24) is 9.88 Å². The third-order valence-corrected chi connectivity index (χ3v) is 4.18. The first kappa shape index (κ1) is 13.3. The molecule has 0 spiro atoms. The van der Waals surface area contributed by atoms with Gasteiger partial charge in [0, 0.05) is 31.0 Å². The van der Waals surface area contributed by atoms with Crippen molar-refractivity contribution in [2.45, 2.75) is 32.0 Å². The number of anilines is 2. The maximum Gasteiger partial charge on any atom is 0.324 e. The van der Waals surface area contributed by atoms with Crippen LogP contribution in [0.2, 0.25) is 0 Å². The van der Waals surface area contributed by atoms with Crippen LogP contribution in [-0.2, 0) is 13.1 Å². The zero-order valence-corrected chi connectivity index (χ0v) is 12.2. The zero-order chi connectivity index (χ0) is 14.9. The summed E-state index contributed by atoms with van der Waals surface area (Å²) in [5.41, 5.74) is 3.52. The number of pyridine rings is 1. The molecular formula is C17H18N4O. The summed E-state index contributed by atoms with van der Waals surface area (Å²) < 4.78 is 0. The van der Waals surface area contributed by atoms with Crippen LogP contribution in [0.25, 0.3) is 0 Å². The Morgan fingerprint density at radius 1 is 1.09 bits per heavy atom. The number of benzene rings is 1. The number of carbonyl (C=O) groups excluding carboxylic acids is 1. The molecule has 1 aromatic heterocycles. The van der Waals surface area contributed by atoms with Crippen LogP contribution in [-0.4, -0.2) is 22.0 Å². The molecule has 2 aromatic rings. The summed E-state index contributed by atoms with van der Waals surface area (Å²) in [5.74, 6) is 0.543. The fourth-order valence-corrected chi connectivity index (χ4v) is 2.91. The van der Waals surface area contributed by atoms with Crippen molar-refractivity contribution in [3.8, 4) is 0 Å². The smallest absolute Gasteiger partial charge is 0.308 e. The number of aromatic nitrogens is 1. The number of fused-ring (bicyclic) bond motifs is 1. The predicted octanol–water partition coefficient (Wildman–Crippen LogP) is 3.20. The van der Waals surface area contributed by atoms with Crippen molar-refractivity contribution in [2.24, 2.45) is 0 Å². The lowest BCUT2D eigenvalue weighted by Gasteiger charge is -2.12. The summed E-state index contributed by atoms with van der Waals surface area (Å²) in [5, 5.41) is 5.59. The van der Waals surface area contributed by atoms with Gasteiger partial charge in [-0.25, -0.2) is 9.78 Å². The Bertz CT molecular complexity index is 697. The first-order valence-corrected chi connectivity index (χ1v) is 7.63. The van der Waals surface area contributed by atoms with Gasteiger partial charge in [0.2, 0.25) is 0 Å². The second-order valence-corrected chi connectivity index (χ2v) is 5.91. The van der Waals surface area contributed by atoms with Gasteiger partial charge >= 0.3 is 6.03 Å². The molecule has 2 amide bonds. The van der Waals surface area contributed by atoms with Gasteiger partial charge < -0.3 is 5.32 Å². The second kappa shape index (κ2) is 5.42. The number of carbonyl (C=O) groups is 1. The lowest BCUT2D eigenvalue weighted by atomic mass is 10.1. The van der Waals surface area contributed by atoms with Crippen LogP contribution in [0.3, 0.4) is 0 Å². The van der Waals surface area contributed by atoms with E-state index in [0.717, 1.165) is 24.8 Å². The van der Waals surface area contributed by atoms with Gasteiger partial charge in [-0.2, -0.15) is 0 Å². The van der Waals surface area contributed by atoms with Gasteiger partial charge in [0.1, 0.15) is 5.82 Å². The molecule has 2 N–H and O–H groups in total.